The van der Waals surface area contributed by atoms with Gasteiger partial charge in [-0.3, -0.25) is 4.68 Å². The van der Waals surface area contributed by atoms with Gasteiger partial charge in [-0.05, 0) is 33.5 Å². The van der Waals surface area contributed by atoms with Gasteiger partial charge in [0.1, 0.15) is 0 Å². The minimum Gasteiger partial charge on any atom is -0.307 e. The molecule has 0 bridgehead atoms. The van der Waals surface area contributed by atoms with Crippen LogP contribution in [0.2, 0.25) is 0 Å². The number of hydrogen-bond donors (Lipinski definition) is 1. The highest BCUT2D eigenvalue weighted by Gasteiger charge is 2.43. The summed E-state index contributed by atoms with van der Waals surface area (Å²) in [5, 5.41) is 11.9. The van der Waals surface area contributed by atoms with Crippen LogP contribution in [0.5, 0.6) is 0 Å². The molecule has 0 amide bonds. The van der Waals surface area contributed by atoms with Gasteiger partial charge in [0.25, 0.3) is 0 Å². The Balaban J connectivity index is 2.37. The minimum atomic E-state index is 0.184. The normalized spacial score (nSPS) is 20.7. The van der Waals surface area contributed by atoms with E-state index in [4.69, 9.17) is 0 Å². The molecule has 1 N–H and O–H groups in total. The van der Waals surface area contributed by atoms with Gasteiger partial charge in [-0.2, -0.15) is 0 Å². The molecule has 5 nitrogen and oxygen atoms in total. The lowest BCUT2D eigenvalue weighted by atomic mass is 9.74. The molecule has 0 aromatic carbocycles. The van der Waals surface area contributed by atoms with Gasteiger partial charge in [-0.25, -0.2) is 0 Å². The topological polar surface area (TPSA) is 46.0 Å². The average molecular weight is 265 g/mol. The van der Waals surface area contributed by atoms with Crippen molar-refractivity contribution in [2.24, 2.45) is 7.05 Å². The van der Waals surface area contributed by atoms with Crippen LogP contribution in [0.1, 0.15) is 50.8 Å². The fraction of sp³-hybridized carbons (Fsp3) is 0.857. The van der Waals surface area contributed by atoms with E-state index in [1.807, 2.05) is 17.9 Å². The van der Waals surface area contributed by atoms with Gasteiger partial charge in [0, 0.05) is 12.6 Å². The van der Waals surface area contributed by atoms with E-state index < -0.39 is 0 Å². The molecule has 1 aliphatic rings. The highest BCUT2D eigenvalue weighted by atomic mass is 15.4. The van der Waals surface area contributed by atoms with Crippen LogP contribution in [0.15, 0.2) is 6.20 Å². The monoisotopic (exact) mass is 265 g/mol. The maximum atomic E-state index is 4.11. The van der Waals surface area contributed by atoms with Crippen molar-refractivity contribution in [1.29, 1.82) is 0 Å². The van der Waals surface area contributed by atoms with Gasteiger partial charge in [0.15, 0.2) is 0 Å². The Hall–Kier alpha value is -0.940. The molecule has 0 saturated heterocycles. The quantitative estimate of drug-likeness (QED) is 0.881. The largest absolute Gasteiger partial charge is 0.307 e. The van der Waals surface area contributed by atoms with E-state index in [1.54, 1.807) is 0 Å². The number of likely N-dealkylation sites (N-methyl/N-ethyl adjacent to an activating group) is 2. The van der Waals surface area contributed by atoms with Crippen molar-refractivity contribution in [1.82, 2.24) is 25.2 Å². The molecule has 0 aliphatic heterocycles. The number of aromatic nitrogens is 3. The molecule has 19 heavy (non-hydrogen) atoms. The zero-order valence-corrected chi connectivity index (χ0v) is 12.7. The Morgan fingerprint density at radius 1 is 1.37 bits per heavy atom. The van der Waals surface area contributed by atoms with E-state index in [0.29, 0.717) is 6.04 Å². The molecule has 1 heterocycles. The second-order valence-corrected chi connectivity index (χ2v) is 5.83. The van der Waals surface area contributed by atoms with Crippen LogP contribution in [0.25, 0.3) is 0 Å². The van der Waals surface area contributed by atoms with Crippen LogP contribution in [-0.2, 0) is 7.05 Å². The van der Waals surface area contributed by atoms with Gasteiger partial charge < -0.3 is 10.2 Å². The second kappa shape index (κ2) is 6.01. The summed E-state index contributed by atoms with van der Waals surface area (Å²) in [5.41, 5.74) is 1.38. The molecule has 0 spiro atoms. The van der Waals surface area contributed by atoms with E-state index >= 15 is 0 Å². The van der Waals surface area contributed by atoms with Crippen molar-refractivity contribution in [3.8, 4) is 0 Å². The van der Waals surface area contributed by atoms with Crippen LogP contribution < -0.4 is 5.32 Å². The molecule has 2 rings (SSSR count). The molecule has 1 aliphatic carbocycles. The van der Waals surface area contributed by atoms with Crippen LogP contribution in [0.4, 0.5) is 0 Å². The Bertz CT molecular complexity index is 392. The lowest BCUT2D eigenvalue weighted by molar-refractivity contribution is 0.0540. The highest BCUT2D eigenvalue weighted by Crippen LogP contribution is 2.41. The Morgan fingerprint density at radius 3 is 2.53 bits per heavy atom. The third kappa shape index (κ3) is 2.67. The first-order valence-electron chi connectivity index (χ1n) is 7.37. The van der Waals surface area contributed by atoms with Crippen LogP contribution in [0, 0.1) is 0 Å². The summed E-state index contributed by atoms with van der Waals surface area (Å²) in [4.78, 5) is 2.41. The highest BCUT2D eigenvalue weighted by molar-refractivity contribution is 5.13. The summed E-state index contributed by atoms with van der Waals surface area (Å²) in [6, 6.07) is 0.299. The summed E-state index contributed by atoms with van der Waals surface area (Å²) in [7, 11) is 6.40. The molecule has 1 aromatic rings. The molecule has 108 valence electrons. The first-order chi connectivity index (χ1) is 9.12. The molecule has 1 atom stereocenters. The molecular formula is C14H27N5. The van der Waals surface area contributed by atoms with Crippen LogP contribution >= 0.6 is 0 Å². The maximum absolute atomic E-state index is 4.11. The van der Waals surface area contributed by atoms with Gasteiger partial charge >= 0.3 is 0 Å². The first-order valence-corrected chi connectivity index (χ1v) is 7.37. The lowest BCUT2D eigenvalue weighted by Gasteiger charge is -2.48. The zero-order valence-electron chi connectivity index (χ0n) is 12.7. The number of hydrogen-bond acceptors (Lipinski definition) is 4. The number of aryl methyl sites for hydroxylation is 1. The predicted octanol–water partition coefficient (Wildman–Crippen LogP) is 1.73. The summed E-state index contributed by atoms with van der Waals surface area (Å²) < 4.78 is 1.91. The van der Waals surface area contributed by atoms with Crippen molar-refractivity contribution in [3.05, 3.63) is 11.9 Å². The predicted molar refractivity (Wildman–Crippen MR) is 76.9 cm³/mol. The van der Waals surface area contributed by atoms with Crippen LogP contribution in [-0.4, -0.2) is 46.1 Å². The number of nitrogens with zero attached hydrogens (tertiary/aromatic N) is 4. The standard InChI is InChI=1S/C14H27N5/c1-5-15-13(12-11-16-17-19(12)4)14(18(2)3)9-7-6-8-10-14/h11,13,15H,5-10H2,1-4H3. The number of rotatable bonds is 5. The minimum absolute atomic E-state index is 0.184. The summed E-state index contributed by atoms with van der Waals surface area (Å²) in [5.74, 6) is 0. The van der Waals surface area contributed by atoms with Gasteiger partial charge in [-0.1, -0.05) is 31.4 Å². The molecule has 1 saturated carbocycles. The molecule has 1 aromatic heterocycles. The van der Waals surface area contributed by atoms with Gasteiger partial charge in [-0.15, -0.1) is 5.10 Å². The molecule has 1 fully saturated rings. The van der Waals surface area contributed by atoms with Crippen molar-refractivity contribution in [3.63, 3.8) is 0 Å². The average Bonchev–Trinajstić information content (AvgIpc) is 2.82. The fourth-order valence-corrected chi connectivity index (χ4v) is 3.49. The zero-order chi connectivity index (χ0) is 13.9. The molecular weight excluding hydrogens is 238 g/mol. The van der Waals surface area contributed by atoms with E-state index in [-0.39, 0.29) is 5.54 Å². The van der Waals surface area contributed by atoms with E-state index in [9.17, 15) is 0 Å². The fourth-order valence-electron chi connectivity index (χ4n) is 3.49. The summed E-state index contributed by atoms with van der Waals surface area (Å²) in [6.45, 7) is 3.13. The molecule has 5 heteroatoms. The van der Waals surface area contributed by atoms with E-state index in [2.05, 4.69) is 41.5 Å². The van der Waals surface area contributed by atoms with Crippen molar-refractivity contribution in [2.45, 2.75) is 50.6 Å². The lowest BCUT2D eigenvalue weighted by Crippen LogP contribution is -2.55. The molecule has 0 radical (unpaired) electrons. The Kier molecular flexibility index (Phi) is 4.58. The number of nitrogens with one attached hydrogen (secondary N) is 1. The molecule has 1 unspecified atom stereocenters. The van der Waals surface area contributed by atoms with Crippen molar-refractivity contribution < 1.29 is 0 Å². The first kappa shape index (κ1) is 14.5. The third-order valence-electron chi connectivity index (χ3n) is 4.60. The van der Waals surface area contributed by atoms with E-state index in [0.717, 1.165) is 6.54 Å². The Labute approximate surface area is 116 Å². The second-order valence-electron chi connectivity index (χ2n) is 5.83. The Morgan fingerprint density at radius 2 is 2.05 bits per heavy atom. The van der Waals surface area contributed by atoms with E-state index in [1.165, 1.54) is 37.8 Å². The van der Waals surface area contributed by atoms with Gasteiger partial charge in [0.2, 0.25) is 0 Å². The van der Waals surface area contributed by atoms with Crippen molar-refractivity contribution >= 4 is 0 Å². The third-order valence-corrected chi connectivity index (χ3v) is 4.60. The van der Waals surface area contributed by atoms with Gasteiger partial charge in [0.05, 0.1) is 17.9 Å². The summed E-state index contributed by atoms with van der Waals surface area (Å²) in [6.07, 6.45) is 8.37. The smallest absolute Gasteiger partial charge is 0.0772 e. The van der Waals surface area contributed by atoms with Crippen LogP contribution in [0.3, 0.4) is 0 Å². The summed E-state index contributed by atoms with van der Waals surface area (Å²) >= 11 is 0. The van der Waals surface area contributed by atoms with Crippen molar-refractivity contribution in [2.75, 3.05) is 20.6 Å². The maximum Gasteiger partial charge on any atom is 0.0772 e. The SMILES string of the molecule is CCNC(c1cnnn1C)C1(N(C)C)CCCCC1.